The van der Waals surface area contributed by atoms with Crippen LogP contribution in [0, 0.1) is 0 Å². The molecule has 0 aliphatic heterocycles. The second-order valence-electron chi connectivity index (χ2n) is 8.87. The summed E-state index contributed by atoms with van der Waals surface area (Å²) in [5.41, 5.74) is 4.89. The minimum absolute atomic E-state index is 0.0507. The first kappa shape index (κ1) is 21.5. The molecule has 0 radical (unpaired) electrons. The molecule has 0 spiro atoms. The second kappa shape index (κ2) is 8.56. The average Bonchev–Trinajstić information content (AvgIpc) is 3.50. The van der Waals surface area contributed by atoms with E-state index >= 15 is 0 Å². The summed E-state index contributed by atoms with van der Waals surface area (Å²) in [5, 5.41) is 13.0. The highest BCUT2D eigenvalue weighted by atomic mass is 35.5. The first-order chi connectivity index (χ1) is 15.4. The Morgan fingerprint density at radius 2 is 1.94 bits per heavy atom. The fourth-order valence-corrected chi connectivity index (χ4v) is 5.06. The Hall–Kier alpha value is -2.31. The van der Waals surface area contributed by atoms with Gasteiger partial charge in [-0.3, -0.25) is 9.71 Å². The number of benzene rings is 2. The molecule has 0 amide bonds. The molecule has 2 aromatic carbocycles. The second-order valence-corrected chi connectivity index (χ2v) is 10.4. The highest BCUT2D eigenvalue weighted by Gasteiger charge is 2.26. The van der Waals surface area contributed by atoms with E-state index in [1.54, 1.807) is 32.0 Å². The number of pyridine rings is 1. The van der Waals surface area contributed by atoms with Crippen molar-refractivity contribution in [3.05, 3.63) is 88.7 Å². The van der Waals surface area contributed by atoms with Gasteiger partial charge in [-0.05, 0) is 62.1 Å². The molecule has 4 aromatic rings. The van der Waals surface area contributed by atoms with Gasteiger partial charge in [-0.25, -0.2) is 0 Å². The van der Waals surface area contributed by atoms with Crippen molar-refractivity contribution in [3.8, 4) is 11.3 Å². The highest BCUT2D eigenvalue weighted by Crippen LogP contribution is 2.38. The lowest BCUT2D eigenvalue weighted by Gasteiger charge is -2.19. The molecule has 2 aromatic heterocycles. The molecule has 0 saturated heterocycles. The summed E-state index contributed by atoms with van der Waals surface area (Å²) in [4.78, 5) is 8.25. The number of hydrogen-bond donors (Lipinski definition) is 3. The number of nitrogens with one attached hydrogen (secondary N) is 2. The van der Waals surface area contributed by atoms with Crippen molar-refractivity contribution in [2.45, 2.75) is 43.6 Å². The highest BCUT2D eigenvalue weighted by molar-refractivity contribution is 7.98. The Balaban J connectivity index is 1.59. The molecule has 0 bridgehead atoms. The van der Waals surface area contributed by atoms with Gasteiger partial charge in [0.1, 0.15) is 0 Å². The number of aliphatic hydroxyl groups is 1. The molecule has 1 aliphatic carbocycles. The van der Waals surface area contributed by atoms with Gasteiger partial charge in [0.25, 0.3) is 0 Å². The van der Waals surface area contributed by atoms with E-state index in [2.05, 4.69) is 39.0 Å². The first-order valence-electron chi connectivity index (χ1n) is 10.9. The standard InChI is InChI=1S/C26H26ClN3OS/c1-26(2,31)17-12-13-28-22(15-17)20-8-5-6-16-14-23(29-24(16)20)25(30-32-18-10-11-18)19-7-3-4-9-21(19)27/h3-9,12-15,18,25,29-31H,10-11H2,1-2H3/t25-/m1/s1. The van der Waals surface area contributed by atoms with E-state index < -0.39 is 5.60 Å². The largest absolute Gasteiger partial charge is 0.386 e. The zero-order valence-corrected chi connectivity index (χ0v) is 19.7. The molecule has 3 N–H and O–H groups in total. The Bertz CT molecular complexity index is 1260. The third-order valence-corrected chi connectivity index (χ3v) is 7.34. The van der Waals surface area contributed by atoms with Crippen molar-refractivity contribution in [1.29, 1.82) is 0 Å². The van der Waals surface area contributed by atoms with Crippen molar-refractivity contribution in [1.82, 2.24) is 14.7 Å². The van der Waals surface area contributed by atoms with Crippen molar-refractivity contribution in [2.24, 2.45) is 0 Å². The number of rotatable bonds is 7. The number of fused-ring (bicyclic) bond motifs is 1. The van der Waals surface area contributed by atoms with Gasteiger partial charge in [-0.2, -0.15) is 0 Å². The van der Waals surface area contributed by atoms with E-state index in [-0.39, 0.29) is 6.04 Å². The lowest BCUT2D eigenvalue weighted by Crippen LogP contribution is -2.17. The zero-order valence-electron chi connectivity index (χ0n) is 18.1. The number of para-hydroxylation sites is 1. The van der Waals surface area contributed by atoms with Gasteiger partial charge in [-0.1, -0.05) is 59.9 Å². The monoisotopic (exact) mass is 463 g/mol. The van der Waals surface area contributed by atoms with Crippen LogP contribution in [0.4, 0.5) is 0 Å². The third-order valence-electron chi connectivity index (χ3n) is 5.82. The van der Waals surface area contributed by atoms with Crippen LogP contribution in [0.25, 0.3) is 22.2 Å². The number of halogens is 1. The molecule has 6 heteroatoms. The minimum Gasteiger partial charge on any atom is -0.386 e. The van der Waals surface area contributed by atoms with Gasteiger partial charge in [0.2, 0.25) is 0 Å². The van der Waals surface area contributed by atoms with E-state index in [0.717, 1.165) is 44.0 Å². The van der Waals surface area contributed by atoms with E-state index in [0.29, 0.717) is 5.25 Å². The Labute approximate surface area is 197 Å². The molecule has 5 rings (SSSR count). The molecule has 1 fully saturated rings. The summed E-state index contributed by atoms with van der Waals surface area (Å²) in [6, 6.07) is 20.2. The van der Waals surface area contributed by atoms with Crippen LogP contribution in [0.3, 0.4) is 0 Å². The van der Waals surface area contributed by atoms with Crippen LogP contribution in [0.1, 0.15) is 49.6 Å². The van der Waals surface area contributed by atoms with Crippen LogP contribution >= 0.6 is 23.5 Å². The number of aromatic amines is 1. The molecule has 0 unspecified atom stereocenters. The number of H-pyrrole nitrogens is 1. The number of nitrogens with zero attached hydrogens (tertiary/aromatic N) is 1. The SMILES string of the molecule is CC(C)(O)c1ccnc(-c2cccc3cc([C@H](NSC4CC4)c4ccccc4Cl)[nH]c23)c1. The van der Waals surface area contributed by atoms with Gasteiger partial charge in [-0.15, -0.1) is 0 Å². The summed E-state index contributed by atoms with van der Waals surface area (Å²) < 4.78 is 3.66. The lowest BCUT2D eigenvalue weighted by molar-refractivity contribution is 0.0785. The van der Waals surface area contributed by atoms with Gasteiger partial charge in [0, 0.05) is 33.1 Å². The summed E-state index contributed by atoms with van der Waals surface area (Å²) >= 11 is 8.38. The van der Waals surface area contributed by atoms with Gasteiger partial charge >= 0.3 is 0 Å². The quantitative estimate of drug-likeness (QED) is 0.270. The predicted octanol–water partition coefficient (Wildman–Crippen LogP) is 6.60. The van der Waals surface area contributed by atoms with Crippen molar-refractivity contribution in [2.75, 3.05) is 0 Å². The van der Waals surface area contributed by atoms with Crippen LogP contribution in [-0.2, 0) is 5.60 Å². The Morgan fingerprint density at radius 3 is 2.69 bits per heavy atom. The number of hydrogen-bond acceptors (Lipinski definition) is 4. The topological polar surface area (TPSA) is 60.9 Å². The molecule has 2 heterocycles. The maximum absolute atomic E-state index is 10.5. The molecular formula is C26H26ClN3OS. The Morgan fingerprint density at radius 1 is 1.12 bits per heavy atom. The van der Waals surface area contributed by atoms with E-state index in [9.17, 15) is 5.11 Å². The number of aromatic nitrogens is 2. The van der Waals surface area contributed by atoms with Crippen molar-refractivity contribution >= 4 is 34.5 Å². The van der Waals surface area contributed by atoms with Crippen molar-refractivity contribution in [3.63, 3.8) is 0 Å². The molecule has 164 valence electrons. The lowest BCUT2D eigenvalue weighted by atomic mass is 9.97. The van der Waals surface area contributed by atoms with Crippen LogP contribution in [0.2, 0.25) is 5.02 Å². The zero-order chi connectivity index (χ0) is 22.3. The molecule has 1 saturated carbocycles. The minimum atomic E-state index is -0.925. The molecule has 32 heavy (non-hydrogen) atoms. The summed E-state index contributed by atoms with van der Waals surface area (Å²) in [6.07, 6.45) is 4.27. The Kier molecular flexibility index (Phi) is 5.76. The fourth-order valence-electron chi connectivity index (χ4n) is 3.86. The smallest absolute Gasteiger partial charge is 0.0841 e. The van der Waals surface area contributed by atoms with Crippen LogP contribution in [-0.4, -0.2) is 20.3 Å². The average molecular weight is 464 g/mol. The fraction of sp³-hybridized carbons (Fsp3) is 0.269. The molecule has 1 aliphatic rings. The normalized spacial score (nSPS) is 15.2. The molecule has 1 atom stereocenters. The van der Waals surface area contributed by atoms with Crippen LogP contribution in [0.5, 0.6) is 0 Å². The molecular weight excluding hydrogens is 438 g/mol. The van der Waals surface area contributed by atoms with Crippen LogP contribution in [0.15, 0.2) is 66.9 Å². The van der Waals surface area contributed by atoms with Gasteiger partial charge < -0.3 is 10.1 Å². The van der Waals surface area contributed by atoms with E-state index in [4.69, 9.17) is 11.6 Å². The third kappa shape index (κ3) is 4.44. The van der Waals surface area contributed by atoms with Crippen LogP contribution < -0.4 is 4.72 Å². The van der Waals surface area contributed by atoms with Crippen molar-refractivity contribution < 1.29 is 5.11 Å². The van der Waals surface area contributed by atoms with Gasteiger partial charge in [0.15, 0.2) is 0 Å². The maximum Gasteiger partial charge on any atom is 0.0841 e. The van der Waals surface area contributed by atoms with E-state index in [1.165, 1.54) is 12.8 Å². The first-order valence-corrected chi connectivity index (χ1v) is 12.1. The summed E-state index contributed by atoms with van der Waals surface area (Å²) in [5.74, 6) is 0. The summed E-state index contributed by atoms with van der Waals surface area (Å²) in [6.45, 7) is 3.58. The summed E-state index contributed by atoms with van der Waals surface area (Å²) in [7, 11) is 0. The maximum atomic E-state index is 10.5. The van der Waals surface area contributed by atoms with E-state index in [1.807, 2.05) is 36.4 Å². The predicted molar refractivity (Wildman–Crippen MR) is 134 cm³/mol. The molecule has 4 nitrogen and oxygen atoms in total. The van der Waals surface area contributed by atoms with Gasteiger partial charge in [0.05, 0.1) is 22.9 Å².